The minimum atomic E-state index is 0.751. The maximum absolute atomic E-state index is 5.67. The lowest BCUT2D eigenvalue weighted by atomic mass is 10.2. The highest BCUT2D eigenvalue weighted by Crippen LogP contribution is 2.28. The second-order valence-electron chi connectivity index (χ2n) is 7.65. The summed E-state index contributed by atoms with van der Waals surface area (Å²) >= 11 is 0. The molecule has 2 aliphatic rings. The molecule has 0 unspecified atom stereocenters. The topological polar surface area (TPSA) is 61.8 Å². The number of hydrogen-bond acceptors (Lipinski definition) is 4. The van der Waals surface area contributed by atoms with E-state index in [9.17, 15) is 0 Å². The Morgan fingerprint density at radius 2 is 2.04 bits per heavy atom. The molecule has 1 aliphatic carbocycles. The van der Waals surface area contributed by atoms with Gasteiger partial charge in [-0.2, -0.15) is 0 Å². The quantitative estimate of drug-likeness (QED) is 0.396. The van der Waals surface area contributed by atoms with Crippen molar-refractivity contribution in [3.8, 4) is 0 Å². The van der Waals surface area contributed by atoms with Crippen LogP contribution in [-0.4, -0.2) is 50.8 Å². The van der Waals surface area contributed by atoms with Crippen LogP contribution in [0.25, 0.3) is 0 Å². The third-order valence-corrected chi connectivity index (χ3v) is 5.23. The van der Waals surface area contributed by atoms with Crippen LogP contribution >= 0.6 is 0 Å². The predicted molar refractivity (Wildman–Crippen MR) is 111 cm³/mol. The maximum atomic E-state index is 5.67. The van der Waals surface area contributed by atoms with Crippen molar-refractivity contribution in [1.82, 2.24) is 15.6 Å². The minimum Gasteiger partial charge on any atom is -0.381 e. The first-order chi connectivity index (χ1) is 13.3. The fourth-order valence-electron chi connectivity index (χ4n) is 3.37. The van der Waals surface area contributed by atoms with Gasteiger partial charge in [0.05, 0.1) is 0 Å². The molecule has 0 radical (unpaired) electrons. The molecule has 6 nitrogen and oxygen atoms in total. The van der Waals surface area contributed by atoms with Gasteiger partial charge in [-0.15, -0.1) is 0 Å². The number of hydrogen-bond donors (Lipinski definition) is 2. The van der Waals surface area contributed by atoms with E-state index in [0.29, 0.717) is 0 Å². The van der Waals surface area contributed by atoms with Gasteiger partial charge < -0.3 is 20.3 Å². The van der Waals surface area contributed by atoms with Crippen LogP contribution in [0.3, 0.4) is 0 Å². The molecule has 3 rings (SSSR count). The van der Waals surface area contributed by atoms with Gasteiger partial charge in [0.15, 0.2) is 5.96 Å². The molecule has 6 heteroatoms. The molecule has 2 N–H and O–H groups in total. The molecule has 2 heterocycles. The smallest absolute Gasteiger partial charge is 0.191 e. The summed E-state index contributed by atoms with van der Waals surface area (Å²) in [5, 5.41) is 6.76. The summed E-state index contributed by atoms with van der Waals surface area (Å²) < 4.78 is 5.67. The summed E-state index contributed by atoms with van der Waals surface area (Å²) in [4.78, 5) is 11.3. The highest BCUT2D eigenvalue weighted by atomic mass is 16.5. The van der Waals surface area contributed by atoms with Crippen LogP contribution in [0.1, 0.15) is 50.5 Å². The molecular weight excluding hydrogens is 338 g/mol. The summed E-state index contributed by atoms with van der Waals surface area (Å²) in [6, 6.07) is 4.28. The van der Waals surface area contributed by atoms with Crippen molar-refractivity contribution in [3.05, 3.63) is 23.9 Å². The highest BCUT2D eigenvalue weighted by molar-refractivity contribution is 5.79. The lowest BCUT2D eigenvalue weighted by Crippen LogP contribution is -2.37. The predicted octanol–water partition coefficient (Wildman–Crippen LogP) is 2.94. The van der Waals surface area contributed by atoms with Crippen molar-refractivity contribution in [2.45, 2.75) is 51.5 Å². The Labute approximate surface area is 163 Å². The molecule has 1 aliphatic heterocycles. The van der Waals surface area contributed by atoms with E-state index in [1.165, 1.54) is 44.1 Å². The summed E-state index contributed by atoms with van der Waals surface area (Å²) in [5.74, 6) is 2.78. The highest BCUT2D eigenvalue weighted by Gasteiger charge is 2.20. The number of guanidine groups is 1. The second kappa shape index (κ2) is 11.1. The van der Waals surface area contributed by atoms with Crippen LogP contribution in [0.5, 0.6) is 0 Å². The molecule has 0 bridgehead atoms. The molecule has 150 valence electrons. The zero-order valence-electron chi connectivity index (χ0n) is 16.8. The molecule has 0 amide bonds. The average molecular weight is 374 g/mol. The normalized spacial score (nSPS) is 18.3. The molecule has 27 heavy (non-hydrogen) atoms. The number of nitrogens with one attached hydrogen (secondary N) is 2. The Morgan fingerprint density at radius 3 is 2.78 bits per heavy atom. The molecule has 1 saturated carbocycles. The van der Waals surface area contributed by atoms with Gasteiger partial charge in [0, 0.05) is 52.6 Å². The van der Waals surface area contributed by atoms with Crippen molar-refractivity contribution >= 4 is 11.8 Å². The van der Waals surface area contributed by atoms with Crippen molar-refractivity contribution < 1.29 is 4.74 Å². The molecule has 2 fully saturated rings. The maximum Gasteiger partial charge on any atom is 0.191 e. The molecule has 1 aromatic heterocycles. The lowest BCUT2D eigenvalue weighted by Gasteiger charge is -2.22. The van der Waals surface area contributed by atoms with E-state index < -0.39 is 0 Å². The monoisotopic (exact) mass is 373 g/mol. The van der Waals surface area contributed by atoms with Crippen LogP contribution in [0.15, 0.2) is 23.3 Å². The first kappa shape index (κ1) is 19.9. The van der Waals surface area contributed by atoms with E-state index >= 15 is 0 Å². The number of ether oxygens (including phenoxy) is 1. The van der Waals surface area contributed by atoms with Crippen molar-refractivity contribution in [1.29, 1.82) is 0 Å². The Morgan fingerprint density at radius 1 is 1.22 bits per heavy atom. The van der Waals surface area contributed by atoms with Gasteiger partial charge in [-0.05, 0) is 55.7 Å². The van der Waals surface area contributed by atoms with Crippen LogP contribution in [0.2, 0.25) is 0 Å². The number of nitrogens with zero attached hydrogens (tertiary/aromatic N) is 3. The molecule has 1 aromatic rings. The minimum absolute atomic E-state index is 0.751. The number of anilines is 1. The zero-order chi connectivity index (χ0) is 18.7. The fraction of sp³-hybridized carbons (Fsp3) is 0.714. The van der Waals surface area contributed by atoms with Crippen molar-refractivity contribution in [3.63, 3.8) is 0 Å². The number of aliphatic imine (C=N–C) groups is 1. The Kier molecular flexibility index (Phi) is 8.21. The van der Waals surface area contributed by atoms with Crippen molar-refractivity contribution in [2.75, 3.05) is 44.8 Å². The third-order valence-electron chi connectivity index (χ3n) is 5.23. The summed E-state index contributed by atoms with van der Waals surface area (Å²) in [6.07, 6.45) is 10.8. The molecule has 1 saturated heterocycles. The van der Waals surface area contributed by atoms with E-state index in [1.807, 2.05) is 13.2 Å². The first-order valence-corrected chi connectivity index (χ1v) is 10.6. The lowest BCUT2D eigenvalue weighted by molar-refractivity contribution is 0.123. The van der Waals surface area contributed by atoms with Crippen LogP contribution in [0.4, 0.5) is 5.82 Å². The Bertz CT molecular complexity index is 580. The van der Waals surface area contributed by atoms with E-state index in [0.717, 1.165) is 63.5 Å². The zero-order valence-corrected chi connectivity index (χ0v) is 16.8. The standard InChI is InChI=1S/C21H35N5O/c1-22-21(24-10-6-14-27-17-18-7-8-18)25-16-19-9-11-23-20(15-19)26-12-4-2-3-5-13-26/h9,11,15,18H,2-8,10,12-14,16-17H2,1H3,(H2,22,24,25). The first-order valence-electron chi connectivity index (χ1n) is 10.6. The van der Waals surface area contributed by atoms with E-state index in [1.54, 1.807) is 0 Å². The number of pyridine rings is 1. The molecule has 0 spiro atoms. The van der Waals surface area contributed by atoms with Crippen LogP contribution < -0.4 is 15.5 Å². The van der Waals surface area contributed by atoms with E-state index in [-0.39, 0.29) is 0 Å². The Hall–Kier alpha value is -1.82. The SMILES string of the molecule is CN=C(NCCCOCC1CC1)NCc1ccnc(N2CCCCCC2)c1. The third kappa shape index (κ3) is 7.37. The summed E-state index contributed by atoms with van der Waals surface area (Å²) in [5.41, 5.74) is 1.24. The second-order valence-corrected chi connectivity index (χ2v) is 7.65. The molecule has 0 atom stereocenters. The number of rotatable bonds is 9. The van der Waals surface area contributed by atoms with Gasteiger partial charge in [-0.3, -0.25) is 4.99 Å². The van der Waals surface area contributed by atoms with Gasteiger partial charge in [0.25, 0.3) is 0 Å². The Balaban J connectivity index is 1.37. The largest absolute Gasteiger partial charge is 0.381 e. The van der Waals surface area contributed by atoms with E-state index in [4.69, 9.17) is 4.74 Å². The van der Waals surface area contributed by atoms with E-state index in [2.05, 4.69) is 37.6 Å². The summed E-state index contributed by atoms with van der Waals surface area (Å²) in [7, 11) is 1.81. The van der Waals surface area contributed by atoms with Crippen molar-refractivity contribution in [2.24, 2.45) is 10.9 Å². The average Bonchev–Trinajstić information content (AvgIpc) is 3.54. The molecular formula is C21H35N5O. The molecule has 0 aromatic carbocycles. The number of aromatic nitrogens is 1. The van der Waals surface area contributed by atoms with Crippen LogP contribution in [0, 0.1) is 5.92 Å². The van der Waals surface area contributed by atoms with Crippen LogP contribution in [-0.2, 0) is 11.3 Å². The fourth-order valence-corrected chi connectivity index (χ4v) is 3.37. The van der Waals surface area contributed by atoms with Gasteiger partial charge >= 0.3 is 0 Å². The van der Waals surface area contributed by atoms with Gasteiger partial charge in [-0.25, -0.2) is 4.98 Å². The summed E-state index contributed by atoms with van der Waals surface area (Å²) in [6.45, 7) is 5.63. The van der Waals surface area contributed by atoms with Gasteiger partial charge in [0.1, 0.15) is 5.82 Å². The van der Waals surface area contributed by atoms with Gasteiger partial charge in [-0.1, -0.05) is 12.8 Å². The van der Waals surface area contributed by atoms with Gasteiger partial charge in [0.2, 0.25) is 0 Å².